The summed E-state index contributed by atoms with van der Waals surface area (Å²) in [4.78, 5) is 20.0. The van der Waals surface area contributed by atoms with E-state index in [1.54, 1.807) is 41.3 Å². The third-order valence-corrected chi connectivity index (χ3v) is 4.62. The number of carbonyl (C=O) groups excluding carboxylic acids is 1. The van der Waals surface area contributed by atoms with Crippen LogP contribution in [0.15, 0.2) is 78.9 Å². The molecule has 0 N–H and O–H groups in total. The Labute approximate surface area is 162 Å². The summed E-state index contributed by atoms with van der Waals surface area (Å²) in [7, 11) is 1.62. The molecule has 0 aliphatic carbocycles. The molecular weight excluding hydrogens is 364 g/mol. The average molecular weight is 381 g/mol. The number of halogens is 1. The zero-order chi connectivity index (χ0) is 18.8. The summed E-state index contributed by atoms with van der Waals surface area (Å²) >= 11 is 6.01. The van der Waals surface area contributed by atoms with Gasteiger partial charge < -0.3 is 9.57 Å². The summed E-state index contributed by atoms with van der Waals surface area (Å²) in [5.41, 5.74) is 2.37. The van der Waals surface area contributed by atoms with E-state index in [1.165, 1.54) is 0 Å². The van der Waals surface area contributed by atoms with Gasteiger partial charge in [0.25, 0.3) is 0 Å². The monoisotopic (exact) mass is 380 g/mol. The van der Waals surface area contributed by atoms with Crippen LogP contribution in [0.2, 0.25) is 5.02 Å². The number of hydrogen-bond donors (Lipinski definition) is 0. The van der Waals surface area contributed by atoms with Gasteiger partial charge in [-0.1, -0.05) is 41.9 Å². The molecule has 1 fully saturated rings. The maximum absolute atomic E-state index is 12.8. The fourth-order valence-corrected chi connectivity index (χ4v) is 3.19. The first-order chi connectivity index (χ1) is 13.2. The molecule has 1 unspecified atom stereocenters. The molecule has 1 heterocycles. The molecule has 1 atom stereocenters. The van der Waals surface area contributed by atoms with E-state index in [0.717, 1.165) is 17.0 Å². The summed E-state index contributed by atoms with van der Waals surface area (Å²) < 4.78 is 5.25. The van der Waals surface area contributed by atoms with Crippen molar-refractivity contribution in [1.29, 1.82) is 0 Å². The molecular formula is C21H17ClN2O3. The topological polar surface area (TPSA) is 42.0 Å². The van der Waals surface area contributed by atoms with Gasteiger partial charge in [-0.05, 0) is 54.1 Å². The van der Waals surface area contributed by atoms with Crippen LogP contribution in [0.5, 0.6) is 5.75 Å². The van der Waals surface area contributed by atoms with Crippen LogP contribution in [0, 0.1) is 0 Å². The highest BCUT2D eigenvalue weighted by Crippen LogP contribution is 2.40. The molecule has 0 bridgehead atoms. The van der Waals surface area contributed by atoms with Crippen molar-refractivity contribution >= 4 is 29.1 Å². The minimum absolute atomic E-state index is 0.456. The molecule has 1 amide bonds. The molecule has 136 valence electrons. The molecule has 3 aromatic carbocycles. The molecule has 3 aromatic rings. The Morgan fingerprint density at radius 3 is 2.19 bits per heavy atom. The molecule has 4 rings (SSSR count). The number of amides is 1. The SMILES string of the molecule is COc1ccc(C2N(c3ccccc3)OC(=O)N2c2ccc(Cl)cc2)cc1. The highest BCUT2D eigenvalue weighted by Gasteiger charge is 2.42. The summed E-state index contributed by atoms with van der Waals surface area (Å²) in [6, 6.07) is 24.2. The van der Waals surface area contributed by atoms with Crippen molar-refractivity contribution < 1.29 is 14.4 Å². The first kappa shape index (κ1) is 17.2. The Morgan fingerprint density at radius 1 is 0.889 bits per heavy atom. The number of ether oxygens (including phenoxy) is 1. The first-order valence-corrected chi connectivity index (χ1v) is 8.80. The second-order valence-corrected chi connectivity index (χ2v) is 6.45. The van der Waals surface area contributed by atoms with E-state index in [9.17, 15) is 4.79 Å². The van der Waals surface area contributed by atoms with Crippen molar-refractivity contribution in [2.75, 3.05) is 17.1 Å². The summed E-state index contributed by atoms with van der Waals surface area (Å²) in [5.74, 6) is 0.744. The Morgan fingerprint density at radius 2 is 1.56 bits per heavy atom. The highest BCUT2D eigenvalue weighted by atomic mass is 35.5. The molecule has 5 nitrogen and oxygen atoms in total. The summed E-state index contributed by atoms with van der Waals surface area (Å²) in [6.45, 7) is 0. The first-order valence-electron chi connectivity index (χ1n) is 8.42. The normalized spacial score (nSPS) is 16.4. The van der Waals surface area contributed by atoms with E-state index in [2.05, 4.69) is 0 Å². The van der Waals surface area contributed by atoms with Crippen molar-refractivity contribution in [2.45, 2.75) is 6.17 Å². The van der Waals surface area contributed by atoms with Gasteiger partial charge in [-0.15, -0.1) is 0 Å². The maximum atomic E-state index is 12.8. The fraction of sp³-hybridized carbons (Fsp3) is 0.0952. The van der Waals surface area contributed by atoms with E-state index in [1.807, 2.05) is 54.6 Å². The van der Waals surface area contributed by atoms with E-state index in [4.69, 9.17) is 21.2 Å². The van der Waals surface area contributed by atoms with E-state index < -0.39 is 12.3 Å². The smallest absolute Gasteiger partial charge is 0.440 e. The summed E-state index contributed by atoms with van der Waals surface area (Å²) in [6.07, 6.45) is -0.922. The number of carbonyl (C=O) groups is 1. The van der Waals surface area contributed by atoms with Crippen molar-refractivity contribution in [3.8, 4) is 5.75 Å². The van der Waals surface area contributed by atoms with Crippen molar-refractivity contribution in [3.05, 3.63) is 89.4 Å². The standard InChI is InChI=1S/C21H17ClN2O3/c1-26-19-13-7-15(8-14-19)20-23(17-11-9-16(22)10-12-17)21(25)27-24(20)18-5-3-2-4-6-18/h2-14,20H,1H3. The number of hydrogen-bond acceptors (Lipinski definition) is 4. The zero-order valence-corrected chi connectivity index (χ0v) is 15.3. The van der Waals surface area contributed by atoms with Gasteiger partial charge >= 0.3 is 6.09 Å². The van der Waals surface area contributed by atoms with Gasteiger partial charge in [0.2, 0.25) is 0 Å². The summed E-state index contributed by atoms with van der Waals surface area (Å²) in [5, 5.41) is 2.21. The van der Waals surface area contributed by atoms with Gasteiger partial charge in [0.15, 0.2) is 6.17 Å². The van der Waals surface area contributed by atoms with Gasteiger partial charge in [0.05, 0.1) is 12.8 Å². The minimum Gasteiger partial charge on any atom is -0.497 e. The predicted octanol–water partition coefficient (Wildman–Crippen LogP) is 5.43. The molecule has 0 saturated carbocycles. The maximum Gasteiger partial charge on any atom is 0.440 e. The van der Waals surface area contributed by atoms with Gasteiger partial charge in [-0.3, -0.25) is 0 Å². The number of hydroxylamine groups is 1. The molecule has 0 spiro atoms. The van der Waals surface area contributed by atoms with Crippen LogP contribution in [0.1, 0.15) is 11.7 Å². The minimum atomic E-state index is -0.466. The van der Waals surface area contributed by atoms with Crippen LogP contribution < -0.4 is 14.7 Å². The van der Waals surface area contributed by atoms with Crippen LogP contribution in [-0.4, -0.2) is 13.2 Å². The van der Waals surface area contributed by atoms with Crippen LogP contribution in [0.3, 0.4) is 0 Å². The largest absolute Gasteiger partial charge is 0.497 e. The van der Waals surface area contributed by atoms with E-state index >= 15 is 0 Å². The number of benzene rings is 3. The second-order valence-electron chi connectivity index (χ2n) is 6.01. The number of nitrogens with zero attached hydrogens (tertiary/aromatic N) is 2. The lowest BCUT2D eigenvalue weighted by molar-refractivity contribution is 0.164. The number of methoxy groups -OCH3 is 1. The van der Waals surface area contributed by atoms with Gasteiger partial charge in [-0.2, -0.15) is 5.06 Å². The third kappa shape index (κ3) is 3.29. The number of rotatable bonds is 4. The van der Waals surface area contributed by atoms with Crippen LogP contribution >= 0.6 is 11.6 Å². The number of anilines is 2. The van der Waals surface area contributed by atoms with Crippen molar-refractivity contribution in [2.24, 2.45) is 0 Å². The predicted molar refractivity (Wildman–Crippen MR) is 105 cm³/mol. The molecule has 6 heteroatoms. The van der Waals surface area contributed by atoms with Gasteiger partial charge in [-0.25, -0.2) is 9.69 Å². The molecule has 27 heavy (non-hydrogen) atoms. The van der Waals surface area contributed by atoms with Crippen LogP contribution in [0.4, 0.5) is 16.2 Å². The Kier molecular flexibility index (Phi) is 4.60. The van der Waals surface area contributed by atoms with E-state index in [-0.39, 0.29) is 0 Å². The Hall–Kier alpha value is -3.18. The second kappa shape index (κ2) is 7.21. The van der Waals surface area contributed by atoms with Gasteiger partial charge in [0, 0.05) is 10.7 Å². The van der Waals surface area contributed by atoms with E-state index in [0.29, 0.717) is 10.7 Å². The van der Waals surface area contributed by atoms with Crippen LogP contribution in [-0.2, 0) is 4.84 Å². The van der Waals surface area contributed by atoms with Crippen molar-refractivity contribution in [3.63, 3.8) is 0 Å². The van der Waals surface area contributed by atoms with Gasteiger partial charge in [0.1, 0.15) is 5.75 Å². The molecule has 1 aliphatic rings. The molecule has 1 aliphatic heterocycles. The molecule has 0 aromatic heterocycles. The van der Waals surface area contributed by atoms with Crippen LogP contribution in [0.25, 0.3) is 0 Å². The Balaban J connectivity index is 1.80. The average Bonchev–Trinajstić information content (AvgIpc) is 3.06. The number of para-hydroxylation sites is 1. The zero-order valence-electron chi connectivity index (χ0n) is 14.6. The fourth-order valence-electron chi connectivity index (χ4n) is 3.06. The Bertz CT molecular complexity index is 930. The lowest BCUT2D eigenvalue weighted by Crippen LogP contribution is -2.31. The molecule has 1 saturated heterocycles. The molecule has 0 radical (unpaired) electrons. The lowest BCUT2D eigenvalue weighted by Gasteiger charge is -2.27. The quantitative estimate of drug-likeness (QED) is 0.605. The van der Waals surface area contributed by atoms with Crippen molar-refractivity contribution in [1.82, 2.24) is 0 Å². The lowest BCUT2D eigenvalue weighted by atomic mass is 10.1. The highest BCUT2D eigenvalue weighted by molar-refractivity contribution is 6.30. The third-order valence-electron chi connectivity index (χ3n) is 4.37.